The van der Waals surface area contributed by atoms with Crippen molar-refractivity contribution in [3.05, 3.63) is 257 Å². The number of H-pyrrole nitrogens is 4. The number of hydrogen-bond donors (Lipinski definition) is 7. The second-order valence-corrected chi connectivity index (χ2v) is 29.0. The molecule has 119 heavy (non-hydrogen) atoms. The number of ether oxygens (including phenoxy) is 6. The quantitative estimate of drug-likeness (QED) is 0.0259. The number of amides is 4. The minimum absolute atomic E-state index is 0. The van der Waals surface area contributed by atoms with Crippen molar-refractivity contribution in [1.82, 2.24) is 45.3 Å². The molecule has 0 radical (unpaired) electrons. The van der Waals surface area contributed by atoms with Gasteiger partial charge in [-0.3, -0.25) is 24.0 Å². The van der Waals surface area contributed by atoms with Crippen LogP contribution in [-0.2, 0) is 73.5 Å². The molecule has 8 N–H and O–H groups in total. The van der Waals surface area contributed by atoms with Gasteiger partial charge in [0.05, 0.1) is 65.8 Å². The first-order valence-electron chi connectivity index (χ1n) is 37.0. The van der Waals surface area contributed by atoms with Gasteiger partial charge in [0.25, 0.3) is 0 Å². The van der Waals surface area contributed by atoms with E-state index in [0.29, 0.717) is 66.3 Å². The number of likely N-dealkylation sites (N-methyl/N-ethyl adjacent to an activating group) is 1. The van der Waals surface area contributed by atoms with E-state index in [1.807, 2.05) is 127 Å². The third-order valence-electron chi connectivity index (χ3n) is 20.3. The summed E-state index contributed by atoms with van der Waals surface area (Å²) in [6.07, 6.45) is 2.84. The fourth-order valence-corrected chi connectivity index (χ4v) is 15.8. The number of benzene rings is 8. The molecule has 4 amide bonds. The van der Waals surface area contributed by atoms with Gasteiger partial charge in [-0.05, 0) is 224 Å². The van der Waals surface area contributed by atoms with Crippen LogP contribution in [0.25, 0.3) is 43.6 Å². The number of aromatic amines is 4. The van der Waals surface area contributed by atoms with E-state index < -0.39 is 64.9 Å². The third-order valence-corrected chi connectivity index (χ3v) is 21.4. The zero-order chi connectivity index (χ0) is 81.9. The molecule has 4 aliphatic heterocycles. The van der Waals surface area contributed by atoms with E-state index in [9.17, 15) is 43.5 Å². The first-order valence-corrected chi connectivity index (χ1v) is 38.8. The van der Waals surface area contributed by atoms with Crippen molar-refractivity contribution >= 4 is 161 Å². The molecule has 0 fully saturated rings. The number of aliphatic carboxylic acids is 1. The molecule has 4 aromatic heterocycles. The molecule has 16 rings (SSSR count). The van der Waals surface area contributed by atoms with Crippen LogP contribution in [0.4, 0.5) is 0 Å². The van der Waals surface area contributed by atoms with Gasteiger partial charge in [0.15, 0.2) is 0 Å². The maximum absolute atomic E-state index is 12.9. The van der Waals surface area contributed by atoms with Crippen molar-refractivity contribution in [2.75, 3.05) is 74.4 Å². The van der Waals surface area contributed by atoms with Crippen LogP contribution in [0.2, 0.25) is 20.1 Å². The second kappa shape index (κ2) is 43.0. The average molecular weight is 1770 g/mol. The molecular formula is C87H88Cl6KN9O16. The predicted octanol–water partition coefficient (Wildman–Crippen LogP) is 13.0. The maximum atomic E-state index is 12.9. The number of nitrogens with zero attached hydrogens (tertiary/aromatic N) is 3. The molecule has 12 aromatic rings. The van der Waals surface area contributed by atoms with E-state index in [0.717, 1.165) is 124 Å². The van der Waals surface area contributed by atoms with Crippen molar-refractivity contribution in [1.29, 1.82) is 0 Å². The number of rotatable bonds is 12. The van der Waals surface area contributed by atoms with Gasteiger partial charge in [-0.25, -0.2) is 14.4 Å². The zero-order valence-corrected chi connectivity index (χ0v) is 73.2. The third kappa shape index (κ3) is 21.2. The monoisotopic (exact) mass is 1760 g/mol. The van der Waals surface area contributed by atoms with Crippen LogP contribution in [0, 0.1) is 0 Å². The summed E-state index contributed by atoms with van der Waals surface area (Å²) in [5.74, 6) is -2.96. The number of carbonyl (C=O) groups excluding carboxylic acids is 7. The molecule has 0 saturated heterocycles. The van der Waals surface area contributed by atoms with Gasteiger partial charge >= 0.3 is 98.2 Å². The topological polar surface area (TPSA) is 339 Å². The minimum atomic E-state index is -1.46. The number of halogens is 6. The Morgan fingerprint density at radius 3 is 1.03 bits per heavy atom. The van der Waals surface area contributed by atoms with Crippen LogP contribution in [0.15, 0.2) is 170 Å². The van der Waals surface area contributed by atoms with E-state index in [-0.39, 0.29) is 96.0 Å². The largest absolute Gasteiger partial charge is 1.00 e. The number of nitrogens with one attached hydrogen (secondary N) is 6. The Balaban J connectivity index is 0.000000190. The van der Waals surface area contributed by atoms with Crippen LogP contribution < -0.4 is 81.0 Å². The average Bonchev–Trinajstić information content (AvgIpc) is 1.63. The number of esters is 2. The molecule has 8 aromatic carbocycles. The molecule has 4 unspecified atom stereocenters. The summed E-state index contributed by atoms with van der Waals surface area (Å²) >= 11 is 29.4. The number of carbonyl (C=O) groups is 8. The van der Waals surface area contributed by atoms with Crippen LogP contribution >= 0.6 is 70.4 Å². The Hall–Kier alpha value is -9.62. The van der Waals surface area contributed by atoms with E-state index in [2.05, 4.69) is 59.6 Å². The van der Waals surface area contributed by atoms with E-state index >= 15 is 0 Å². The summed E-state index contributed by atoms with van der Waals surface area (Å²) in [5, 5.41) is 21.5. The van der Waals surface area contributed by atoms with Crippen LogP contribution in [0.3, 0.4) is 0 Å². The fraction of sp³-hybridized carbons (Fsp3) is 0.264. The molecule has 8 heterocycles. The number of methoxy groups -OCH3 is 4. The van der Waals surface area contributed by atoms with Crippen molar-refractivity contribution in [3.63, 3.8) is 0 Å². The van der Waals surface area contributed by atoms with Crippen LogP contribution in [0.1, 0.15) is 120 Å². The summed E-state index contributed by atoms with van der Waals surface area (Å²) < 4.78 is 30.1. The normalized spacial score (nSPS) is 15.2. The van der Waals surface area contributed by atoms with E-state index in [4.69, 9.17) is 81.7 Å². The van der Waals surface area contributed by atoms with Gasteiger partial charge < -0.3 is 84.3 Å². The Morgan fingerprint density at radius 2 is 0.731 bits per heavy atom. The van der Waals surface area contributed by atoms with Gasteiger partial charge in [-0.1, -0.05) is 102 Å². The number of fused-ring (bicyclic) bond motifs is 12. The van der Waals surface area contributed by atoms with Gasteiger partial charge in [0, 0.05) is 119 Å². The molecule has 32 heteroatoms. The van der Waals surface area contributed by atoms with Crippen LogP contribution in [-0.4, -0.2) is 166 Å². The molecule has 25 nitrogen and oxygen atoms in total. The Morgan fingerprint density at radius 1 is 0.429 bits per heavy atom. The van der Waals surface area contributed by atoms with Gasteiger partial charge in [0.1, 0.15) is 23.0 Å². The van der Waals surface area contributed by atoms with Gasteiger partial charge in [-0.15, -0.1) is 12.4 Å². The van der Waals surface area contributed by atoms with Crippen molar-refractivity contribution in [3.8, 4) is 23.0 Å². The molecule has 4 atom stereocenters. The van der Waals surface area contributed by atoms with E-state index in [1.165, 1.54) is 27.1 Å². The van der Waals surface area contributed by atoms with E-state index in [1.54, 1.807) is 77.2 Å². The van der Waals surface area contributed by atoms with Gasteiger partial charge in [0.2, 0.25) is 0 Å². The summed E-state index contributed by atoms with van der Waals surface area (Å²) in [7, 11) is 6.48. The number of aromatic nitrogens is 4. The summed E-state index contributed by atoms with van der Waals surface area (Å²) in [6.45, 7) is 7.93. The summed E-state index contributed by atoms with van der Waals surface area (Å²) in [6, 6.07) is 52.5. The predicted molar refractivity (Wildman–Crippen MR) is 457 cm³/mol. The molecule has 0 saturated carbocycles. The number of carboxylic acids is 1. The second-order valence-electron chi connectivity index (χ2n) is 26.9. The van der Waals surface area contributed by atoms with Gasteiger partial charge in [-0.2, -0.15) is 0 Å². The SMILES string of the molecule is C.CCNC(=O)C(=O)N1CCc2c([nH]c3ccc(Cl)cc23)C1c1ccc(OC)cc1.CCOC(=O)C(=O)Cl.CCOC(=O)C(=O)N1CCc2c([nH]c3ccc(Cl)cc23)C1c1ccc(OC)cc1.COc1ccc(C2NCCc3c2[nH]c2ccc(Cl)cc32)cc1.COc1ccc(C2c3[nH]c4ccc(Cl)cc4c3CCN2C(=O)C(=O)O)cc1.Cl.[K+].[OH-]. The molecule has 0 bridgehead atoms. The van der Waals surface area contributed by atoms with Crippen molar-refractivity contribution in [2.45, 2.75) is 78.0 Å². The summed E-state index contributed by atoms with van der Waals surface area (Å²) in [4.78, 5) is 112. The molecule has 620 valence electrons. The molecule has 0 spiro atoms. The number of hydrogen-bond acceptors (Lipinski definition) is 16. The Labute approximate surface area is 760 Å². The minimum Gasteiger partial charge on any atom is -0.870 e. The first kappa shape index (κ1) is 94.9. The van der Waals surface area contributed by atoms with Crippen molar-refractivity contribution < 1.29 is 129 Å². The smallest absolute Gasteiger partial charge is 0.870 e. The summed E-state index contributed by atoms with van der Waals surface area (Å²) in [5.41, 5.74) is 16.3. The maximum Gasteiger partial charge on any atom is 1.00 e. The van der Waals surface area contributed by atoms with Crippen molar-refractivity contribution in [2.24, 2.45) is 0 Å². The molecule has 0 aliphatic carbocycles. The number of carboxylic acid groups (broad SMARTS) is 1. The Bertz CT molecular complexity index is 5450. The van der Waals surface area contributed by atoms with Crippen LogP contribution in [0.5, 0.6) is 23.0 Å². The zero-order valence-electron chi connectivity index (χ0n) is 65.5. The standard InChI is InChI=1S/C22H22ClN3O3.C22H21ClN2O4.C20H17ClN2O4.C18H17ClN2O.C4H5ClO3.CH4.ClH.K.H2O/c1-3-24-21(27)22(28)26-11-10-16-17-12-14(23)6-9-18(17)25-19(16)20(26)13-4-7-15(29-2)8-5-13;1-3-29-22(27)21(26)25-11-10-16-17-12-14(23)6-9-18(17)24-19(16)20(25)13-4-7-15(28-2)8-5-13;1-27-13-5-2-11(3-6-13)18-17-14(8-9-23(18)19(24)20(25)26)15-10-12(21)4-7-16(15)22-17;1-22-13-5-2-11(3-6-13)17-18-14(8-9-20-17)15-10-12(19)4-7-16(15)21-18;1-2-8-4(7)3(5)6;;;;/h4-9,12,20,25H,3,10-11H2,1-2H3,(H,24,27);4-9,12,20,24H,3,10-11H2,1-2H3;2-7,10,18,22H,8-9H2,1H3,(H,25,26);2-7,10,17,20-21H,8-9H2,1H3;2H2,1H3;1H4;1H;;1H2/q;;;;;;;+1;/p-1. The Kier molecular flexibility index (Phi) is 34.3. The molecular weight excluding hydrogens is 1680 g/mol. The fourth-order valence-electron chi connectivity index (χ4n) is 15.1. The first-order chi connectivity index (χ1) is 55.5. The molecule has 4 aliphatic rings.